The lowest BCUT2D eigenvalue weighted by atomic mass is 9.83. The first kappa shape index (κ1) is 25.2. The van der Waals surface area contributed by atoms with Crippen molar-refractivity contribution >= 4 is 29.9 Å². The van der Waals surface area contributed by atoms with Gasteiger partial charge in [-0.3, -0.25) is 4.79 Å². The first-order valence-corrected chi connectivity index (χ1v) is 12.4. The standard InChI is InChI=1S/C29H38N2OS/c1-21(2)25-12-9-13-26(22(3)4)28(25)30-27(32)16-19-31(23-10-7-6-8-11-23)20-29(5)17-14-24(33)15-18-29/h6-15,17,21-22,33H,16,18-20H2,1-5H3,(H,30,32). The summed E-state index contributed by atoms with van der Waals surface area (Å²) in [5.74, 6) is 0.762. The maximum atomic E-state index is 13.1. The molecular formula is C29H38N2OS. The van der Waals surface area contributed by atoms with Gasteiger partial charge in [0.25, 0.3) is 0 Å². The molecule has 3 nitrogen and oxygen atoms in total. The van der Waals surface area contributed by atoms with Crippen molar-refractivity contribution in [2.45, 2.75) is 59.3 Å². The molecule has 0 fully saturated rings. The van der Waals surface area contributed by atoms with E-state index in [0.717, 1.165) is 29.2 Å². The number of hydrogen-bond donors (Lipinski definition) is 2. The van der Waals surface area contributed by atoms with E-state index in [0.29, 0.717) is 24.8 Å². The summed E-state index contributed by atoms with van der Waals surface area (Å²) in [5.41, 5.74) is 4.54. The minimum absolute atomic E-state index is 0.00754. The van der Waals surface area contributed by atoms with Crippen molar-refractivity contribution in [2.24, 2.45) is 5.41 Å². The Morgan fingerprint density at radius 1 is 1.03 bits per heavy atom. The van der Waals surface area contributed by atoms with E-state index >= 15 is 0 Å². The third-order valence-corrected chi connectivity index (χ3v) is 6.69. The topological polar surface area (TPSA) is 32.3 Å². The Balaban J connectivity index is 1.75. The molecule has 3 rings (SSSR count). The van der Waals surface area contributed by atoms with Crippen LogP contribution in [-0.4, -0.2) is 19.0 Å². The molecular weight excluding hydrogens is 424 g/mol. The number of para-hydroxylation sites is 2. The number of nitrogens with zero attached hydrogens (tertiary/aromatic N) is 1. The van der Waals surface area contributed by atoms with Gasteiger partial charge in [-0.1, -0.05) is 89.2 Å². The molecule has 2 aromatic carbocycles. The highest BCUT2D eigenvalue weighted by Gasteiger charge is 2.26. The molecule has 0 saturated carbocycles. The van der Waals surface area contributed by atoms with E-state index in [-0.39, 0.29) is 11.3 Å². The Bertz CT molecular complexity index is 983. The van der Waals surface area contributed by atoms with Crippen LogP contribution in [0.25, 0.3) is 0 Å². The minimum Gasteiger partial charge on any atom is -0.370 e. The van der Waals surface area contributed by atoms with Gasteiger partial charge in [0.2, 0.25) is 5.91 Å². The average molecular weight is 463 g/mol. The fraction of sp³-hybridized carbons (Fsp3) is 0.414. The maximum Gasteiger partial charge on any atom is 0.226 e. The SMILES string of the molecule is CC(C)c1cccc(C(C)C)c1NC(=O)CCN(CC1(C)C=CC(S)=CC1)c1ccccc1. The quantitative estimate of drug-likeness (QED) is 0.377. The van der Waals surface area contributed by atoms with Crippen LogP contribution in [0.3, 0.4) is 0 Å². The highest BCUT2D eigenvalue weighted by atomic mass is 32.1. The summed E-state index contributed by atoms with van der Waals surface area (Å²) in [7, 11) is 0. The number of hydrogen-bond acceptors (Lipinski definition) is 3. The number of amides is 1. The summed E-state index contributed by atoms with van der Waals surface area (Å²) < 4.78 is 0. The lowest BCUT2D eigenvalue weighted by Crippen LogP contribution is -2.37. The van der Waals surface area contributed by atoms with Crippen molar-refractivity contribution in [3.63, 3.8) is 0 Å². The zero-order chi connectivity index (χ0) is 24.0. The molecule has 0 heterocycles. The Morgan fingerprint density at radius 3 is 2.21 bits per heavy atom. The zero-order valence-corrected chi connectivity index (χ0v) is 21.5. The van der Waals surface area contributed by atoms with Gasteiger partial charge in [0.05, 0.1) is 0 Å². The van der Waals surface area contributed by atoms with E-state index in [4.69, 9.17) is 0 Å². The molecule has 4 heteroatoms. The van der Waals surface area contributed by atoms with Crippen LogP contribution in [0.2, 0.25) is 0 Å². The molecule has 0 aliphatic heterocycles. The molecule has 2 aromatic rings. The van der Waals surface area contributed by atoms with E-state index in [2.05, 4.69) is 118 Å². The average Bonchev–Trinajstić information content (AvgIpc) is 2.79. The van der Waals surface area contributed by atoms with Crippen LogP contribution in [0.1, 0.15) is 70.4 Å². The third-order valence-electron chi connectivity index (χ3n) is 6.35. The second kappa shape index (κ2) is 11.1. The van der Waals surface area contributed by atoms with E-state index in [9.17, 15) is 4.79 Å². The number of thiol groups is 1. The number of carbonyl (C=O) groups is 1. The van der Waals surface area contributed by atoms with Gasteiger partial charge >= 0.3 is 0 Å². The molecule has 176 valence electrons. The van der Waals surface area contributed by atoms with Crippen LogP contribution < -0.4 is 10.2 Å². The lowest BCUT2D eigenvalue weighted by molar-refractivity contribution is -0.116. The van der Waals surface area contributed by atoms with E-state index in [1.165, 1.54) is 11.1 Å². The molecule has 1 atom stereocenters. The van der Waals surface area contributed by atoms with Crippen molar-refractivity contribution in [3.05, 3.63) is 82.8 Å². The highest BCUT2D eigenvalue weighted by molar-refractivity contribution is 7.84. The summed E-state index contributed by atoms with van der Waals surface area (Å²) in [6.45, 7) is 12.5. The van der Waals surface area contributed by atoms with Crippen molar-refractivity contribution in [1.82, 2.24) is 0 Å². The molecule has 0 bridgehead atoms. The molecule has 0 aromatic heterocycles. The Morgan fingerprint density at radius 2 is 1.67 bits per heavy atom. The Hall–Kier alpha value is -2.46. The molecule has 33 heavy (non-hydrogen) atoms. The maximum absolute atomic E-state index is 13.1. The molecule has 0 spiro atoms. The second-order valence-electron chi connectivity index (χ2n) is 10.00. The van der Waals surface area contributed by atoms with Gasteiger partial charge in [-0.2, -0.15) is 0 Å². The fourth-order valence-corrected chi connectivity index (χ4v) is 4.55. The van der Waals surface area contributed by atoms with Crippen molar-refractivity contribution < 1.29 is 4.79 Å². The minimum atomic E-state index is 0.00754. The Labute approximate surface area is 205 Å². The van der Waals surface area contributed by atoms with Crippen LogP contribution in [0, 0.1) is 5.41 Å². The number of nitrogens with one attached hydrogen (secondary N) is 1. The van der Waals surface area contributed by atoms with Gasteiger partial charge in [-0.05, 0) is 46.4 Å². The summed E-state index contributed by atoms with van der Waals surface area (Å²) in [6.07, 6.45) is 7.89. The van der Waals surface area contributed by atoms with Crippen molar-refractivity contribution in [3.8, 4) is 0 Å². The van der Waals surface area contributed by atoms with Gasteiger partial charge in [0.1, 0.15) is 0 Å². The summed E-state index contributed by atoms with van der Waals surface area (Å²) in [6, 6.07) is 16.7. The first-order chi connectivity index (χ1) is 15.7. The number of rotatable bonds is 9. The molecule has 1 amide bonds. The van der Waals surface area contributed by atoms with Gasteiger partial charge in [0, 0.05) is 36.3 Å². The monoisotopic (exact) mass is 462 g/mol. The number of anilines is 2. The van der Waals surface area contributed by atoms with Crippen LogP contribution >= 0.6 is 12.6 Å². The number of allylic oxidation sites excluding steroid dienone is 2. The van der Waals surface area contributed by atoms with Crippen molar-refractivity contribution in [2.75, 3.05) is 23.3 Å². The predicted octanol–water partition coefficient (Wildman–Crippen LogP) is 7.55. The van der Waals surface area contributed by atoms with Crippen molar-refractivity contribution in [1.29, 1.82) is 0 Å². The molecule has 1 N–H and O–H groups in total. The number of benzene rings is 2. The van der Waals surface area contributed by atoms with E-state index in [1.807, 2.05) is 6.07 Å². The predicted molar refractivity (Wildman–Crippen MR) is 145 cm³/mol. The number of carbonyl (C=O) groups excluding carboxylic acids is 1. The summed E-state index contributed by atoms with van der Waals surface area (Å²) in [4.78, 5) is 16.5. The zero-order valence-electron chi connectivity index (χ0n) is 20.6. The molecule has 1 unspecified atom stereocenters. The first-order valence-electron chi connectivity index (χ1n) is 12.0. The molecule has 0 radical (unpaired) electrons. The van der Waals surface area contributed by atoms with Crippen LogP contribution in [0.4, 0.5) is 11.4 Å². The van der Waals surface area contributed by atoms with Crippen LogP contribution in [0.15, 0.2) is 71.7 Å². The van der Waals surface area contributed by atoms with Gasteiger partial charge in [-0.25, -0.2) is 0 Å². The van der Waals surface area contributed by atoms with E-state index in [1.54, 1.807) is 0 Å². The lowest BCUT2D eigenvalue weighted by Gasteiger charge is -2.35. The van der Waals surface area contributed by atoms with Gasteiger partial charge in [0.15, 0.2) is 0 Å². The van der Waals surface area contributed by atoms with E-state index < -0.39 is 0 Å². The fourth-order valence-electron chi connectivity index (χ4n) is 4.39. The van der Waals surface area contributed by atoms with Gasteiger partial charge in [-0.15, -0.1) is 12.6 Å². The van der Waals surface area contributed by atoms with Crippen LogP contribution in [-0.2, 0) is 4.79 Å². The third kappa shape index (κ3) is 6.77. The smallest absolute Gasteiger partial charge is 0.226 e. The van der Waals surface area contributed by atoms with Crippen LogP contribution in [0.5, 0.6) is 0 Å². The Kier molecular flexibility index (Phi) is 8.47. The summed E-state index contributed by atoms with van der Waals surface area (Å²) >= 11 is 4.47. The highest BCUT2D eigenvalue weighted by Crippen LogP contribution is 2.34. The second-order valence-corrected chi connectivity index (χ2v) is 10.5. The normalized spacial score (nSPS) is 17.9. The molecule has 0 saturated heterocycles. The van der Waals surface area contributed by atoms with Gasteiger partial charge < -0.3 is 10.2 Å². The largest absolute Gasteiger partial charge is 0.370 e. The molecule has 1 aliphatic rings. The summed E-state index contributed by atoms with van der Waals surface area (Å²) in [5, 5.41) is 3.27. The molecule has 1 aliphatic carbocycles.